The minimum absolute atomic E-state index is 0.554. The molecule has 0 aliphatic heterocycles. The van der Waals surface area contributed by atoms with Gasteiger partial charge in [-0.15, -0.1) is 0 Å². The van der Waals surface area contributed by atoms with Crippen LogP contribution < -0.4 is 5.32 Å². The van der Waals surface area contributed by atoms with Gasteiger partial charge in [-0.05, 0) is 47.1 Å². The van der Waals surface area contributed by atoms with Crippen LogP contribution in [0.2, 0.25) is 0 Å². The van der Waals surface area contributed by atoms with Crippen molar-refractivity contribution in [1.29, 1.82) is 0 Å². The van der Waals surface area contributed by atoms with E-state index in [2.05, 4.69) is 5.32 Å². The highest BCUT2D eigenvalue weighted by molar-refractivity contribution is 6.13. The van der Waals surface area contributed by atoms with Gasteiger partial charge in [0, 0.05) is 11.1 Å². The van der Waals surface area contributed by atoms with E-state index in [1.54, 1.807) is 41.5 Å². The third-order valence-electron chi connectivity index (χ3n) is 5.16. The first-order chi connectivity index (χ1) is 17.4. The first kappa shape index (κ1) is 27.7. The molecule has 1 N–H and O–H groups in total. The average molecular weight is 501 g/mol. The van der Waals surface area contributed by atoms with Gasteiger partial charge < -0.3 is 14.8 Å². The normalized spacial score (nSPS) is 13.1. The van der Waals surface area contributed by atoms with Crippen molar-refractivity contribution in [1.82, 2.24) is 5.32 Å². The second-order valence-corrected chi connectivity index (χ2v) is 10.7. The van der Waals surface area contributed by atoms with E-state index in [9.17, 15) is 9.59 Å². The maximum atomic E-state index is 13.7. The van der Waals surface area contributed by atoms with E-state index in [4.69, 9.17) is 14.5 Å². The Bertz CT molecular complexity index is 1150. The van der Waals surface area contributed by atoms with Crippen molar-refractivity contribution in [3.05, 3.63) is 108 Å². The molecule has 37 heavy (non-hydrogen) atoms. The van der Waals surface area contributed by atoms with E-state index in [1.165, 1.54) is 0 Å². The number of carbonyl (C=O) groups is 2. The predicted molar refractivity (Wildman–Crippen MR) is 147 cm³/mol. The highest BCUT2D eigenvalue weighted by Crippen LogP contribution is 2.26. The maximum Gasteiger partial charge on any atom is 0.408 e. The van der Waals surface area contributed by atoms with Crippen LogP contribution in [0.4, 0.5) is 4.79 Å². The summed E-state index contributed by atoms with van der Waals surface area (Å²) in [6.45, 7) is 10.8. The number of hydrogen-bond donors (Lipinski definition) is 1. The van der Waals surface area contributed by atoms with Crippen molar-refractivity contribution in [2.75, 3.05) is 0 Å². The zero-order valence-electron chi connectivity index (χ0n) is 22.4. The number of benzene rings is 3. The van der Waals surface area contributed by atoms with Gasteiger partial charge in [0.2, 0.25) is 0 Å². The van der Waals surface area contributed by atoms with Crippen LogP contribution in [-0.4, -0.2) is 35.0 Å². The first-order valence-electron chi connectivity index (χ1n) is 12.4. The number of nitrogens with one attached hydrogen (secondary N) is 1. The Morgan fingerprint density at radius 2 is 1.11 bits per heavy atom. The van der Waals surface area contributed by atoms with Crippen molar-refractivity contribution in [3.63, 3.8) is 0 Å². The van der Waals surface area contributed by atoms with E-state index in [1.807, 2.05) is 91.0 Å². The molecule has 0 spiro atoms. The zero-order valence-corrected chi connectivity index (χ0v) is 22.4. The quantitative estimate of drug-likeness (QED) is 0.297. The van der Waals surface area contributed by atoms with E-state index >= 15 is 0 Å². The summed E-state index contributed by atoms with van der Waals surface area (Å²) >= 11 is 0. The van der Waals surface area contributed by atoms with Gasteiger partial charge in [-0.3, -0.25) is 4.99 Å². The molecule has 3 aromatic rings. The number of aliphatic imine (C=N–C) groups is 1. The molecule has 0 bridgehead atoms. The third-order valence-corrected chi connectivity index (χ3v) is 5.16. The van der Waals surface area contributed by atoms with Crippen molar-refractivity contribution < 1.29 is 19.1 Å². The minimum atomic E-state index is -1.09. The van der Waals surface area contributed by atoms with Crippen LogP contribution in [0.5, 0.6) is 0 Å². The smallest absolute Gasteiger partial charge is 0.408 e. The number of carbonyl (C=O) groups excluding carboxylic acids is 2. The summed E-state index contributed by atoms with van der Waals surface area (Å²) in [5, 5.41) is 2.90. The molecule has 0 radical (unpaired) electrons. The van der Waals surface area contributed by atoms with Crippen molar-refractivity contribution in [3.8, 4) is 0 Å². The lowest BCUT2D eigenvalue weighted by atomic mass is 9.97. The molecule has 6 heteroatoms. The minimum Gasteiger partial charge on any atom is -0.458 e. The van der Waals surface area contributed by atoms with E-state index in [-0.39, 0.29) is 0 Å². The molecule has 0 aromatic heterocycles. The van der Waals surface area contributed by atoms with Crippen LogP contribution in [-0.2, 0) is 14.3 Å². The molecule has 194 valence electrons. The summed E-state index contributed by atoms with van der Waals surface area (Å²) in [6.07, 6.45) is -0.647. The number of hydrogen-bond acceptors (Lipinski definition) is 5. The van der Waals surface area contributed by atoms with Gasteiger partial charge >= 0.3 is 12.1 Å². The van der Waals surface area contributed by atoms with Gasteiger partial charge in [0.1, 0.15) is 11.2 Å². The SMILES string of the molecule is CC(C)(C)OC(=O)N[C@H](c1ccccc1)[C@H](N=C(c1ccccc1)c1ccccc1)C(=O)OC(C)(C)C. The molecule has 0 aliphatic rings. The van der Waals surface area contributed by atoms with Gasteiger partial charge in [0.15, 0.2) is 6.04 Å². The molecule has 3 rings (SSSR count). The van der Waals surface area contributed by atoms with Gasteiger partial charge in [-0.2, -0.15) is 0 Å². The van der Waals surface area contributed by atoms with Gasteiger partial charge in [-0.1, -0.05) is 91.0 Å². The van der Waals surface area contributed by atoms with Crippen LogP contribution in [0.25, 0.3) is 0 Å². The number of esters is 1. The molecule has 3 aromatic carbocycles. The first-order valence-corrected chi connectivity index (χ1v) is 12.4. The molecule has 2 atom stereocenters. The molecule has 0 aliphatic carbocycles. The second-order valence-electron chi connectivity index (χ2n) is 10.7. The van der Waals surface area contributed by atoms with Crippen molar-refractivity contribution in [2.24, 2.45) is 4.99 Å². The zero-order chi connectivity index (χ0) is 27.1. The molecular weight excluding hydrogens is 464 g/mol. The largest absolute Gasteiger partial charge is 0.458 e. The van der Waals surface area contributed by atoms with Crippen LogP contribution >= 0.6 is 0 Å². The fraction of sp³-hybridized carbons (Fsp3) is 0.323. The lowest BCUT2D eigenvalue weighted by Crippen LogP contribution is -2.44. The number of alkyl carbamates (subject to hydrolysis) is 1. The molecule has 6 nitrogen and oxygen atoms in total. The Kier molecular flexibility index (Phi) is 8.87. The fourth-order valence-corrected chi connectivity index (χ4v) is 3.71. The van der Waals surface area contributed by atoms with Crippen LogP contribution in [0.15, 0.2) is 96.0 Å². The third kappa shape index (κ3) is 8.60. The van der Waals surface area contributed by atoms with Gasteiger partial charge in [0.25, 0.3) is 0 Å². The highest BCUT2D eigenvalue weighted by atomic mass is 16.6. The Labute approximate surface area is 219 Å². The lowest BCUT2D eigenvalue weighted by molar-refractivity contribution is -0.157. The number of amides is 1. The Morgan fingerprint density at radius 3 is 1.54 bits per heavy atom. The molecule has 1 amide bonds. The Morgan fingerprint density at radius 1 is 0.676 bits per heavy atom. The van der Waals surface area contributed by atoms with Crippen LogP contribution in [0.3, 0.4) is 0 Å². The van der Waals surface area contributed by atoms with Crippen LogP contribution in [0.1, 0.15) is 64.3 Å². The molecule has 0 unspecified atom stereocenters. The van der Waals surface area contributed by atoms with Gasteiger partial charge in [-0.25, -0.2) is 9.59 Å². The highest BCUT2D eigenvalue weighted by Gasteiger charge is 2.36. The Balaban J connectivity index is 2.19. The van der Waals surface area contributed by atoms with E-state index in [0.717, 1.165) is 11.1 Å². The average Bonchev–Trinajstić information content (AvgIpc) is 2.83. The maximum absolute atomic E-state index is 13.7. The predicted octanol–water partition coefficient (Wildman–Crippen LogP) is 6.50. The van der Waals surface area contributed by atoms with Crippen molar-refractivity contribution >= 4 is 17.8 Å². The molecule has 0 saturated heterocycles. The van der Waals surface area contributed by atoms with Crippen molar-refractivity contribution in [2.45, 2.75) is 64.8 Å². The number of rotatable bonds is 7. The summed E-state index contributed by atoms with van der Waals surface area (Å²) in [6, 6.07) is 26.6. The van der Waals surface area contributed by atoms with Gasteiger partial charge in [0.05, 0.1) is 11.8 Å². The summed E-state index contributed by atoms with van der Waals surface area (Å²) < 4.78 is 11.4. The second kappa shape index (κ2) is 11.9. The van der Waals surface area contributed by atoms with E-state index < -0.39 is 35.3 Å². The Hall–Kier alpha value is -3.93. The molecule has 0 saturated carbocycles. The summed E-state index contributed by atoms with van der Waals surface area (Å²) in [5.41, 5.74) is 1.53. The monoisotopic (exact) mass is 500 g/mol. The van der Waals surface area contributed by atoms with Crippen LogP contribution in [0, 0.1) is 0 Å². The number of ether oxygens (including phenoxy) is 2. The van der Waals surface area contributed by atoms with E-state index in [0.29, 0.717) is 11.3 Å². The summed E-state index contributed by atoms with van der Waals surface area (Å²) in [7, 11) is 0. The summed E-state index contributed by atoms with van der Waals surface area (Å²) in [5.74, 6) is -0.554. The number of nitrogens with zero attached hydrogens (tertiary/aromatic N) is 1. The molecular formula is C31H36N2O4. The standard InChI is InChI=1S/C31H36N2O4/c1-30(2,3)36-28(34)27(26(24-20-14-9-15-21-24)33-29(35)37-31(4,5)6)32-25(22-16-10-7-11-17-22)23-18-12-8-13-19-23/h7-21,26-27H,1-6H3,(H,33,35)/t26-,27+/m1/s1. The lowest BCUT2D eigenvalue weighted by Gasteiger charge is -2.29. The summed E-state index contributed by atoms with van der Waals surface area (Å²) in [4.78, 5) is 31.7. The molecule has 0 fully saturated rings. The molecule has 0 heterocycles. The fourth-order valence-electron chi connectivity index (χ4n) is 3.71. The topological polar surface area (TPSA) is 77.0 Å².